The van der Waals surface area contributed by atoms with Crippen LogP contribution < -0.4 is 5.32 Å². The van der Waals surface area contributed by atoms with Crippen molar-refractivity contribution in [1.29, 1.82) is 0 Å². The maximum absolute atomic E-state index is 13.2. The lowest BCUT2D eigenvalue weighted by Gasteiger charge is -2.35. The molecule has 228 valence electrons. The van der Waals surface area contributed by atoms with E-state index in [1.165, 1.54) is 0 Å². The maximum atomic E-state index is 13.2. The van der Waals surface area contributed by atoms with Crippen LogP contribution in [0.2, 0.25) is 0 Å². The Labute approximate surface area is 253 Å². The first-order chi connectivity index (χ1) is 20.7. The summed E-state index contributed by atoms with van der Waals surface area (Å²) in [5.74, 6) is -3.54. The largest absolute Gasteiger partial charge is 0.459 e. The molecule has 0 bridgehead atoms. The van der Waals surface area contributed by atoms with Gasteiger partial charge in [0.25, 0.3) is 0 Å². The second-order valence-electron chi connectivity index (χ2n) is 11.8. The third-order valence-electron chi connectivity index (χ3n) is 7.08. The van der Waals surface area contributed by atoms with Crippen molar-refractivity contribution in [3.8, 4) is 0 Å². The summed E-state index contributed by atoms with van der Waals surface area (Å²) in [6.07, 6.45) is -0.971. The van der Waals surface area contributed by atoms with Crippen molar-refractivity contribution in [1.82, 2.24) is 5.32 Å². The second kappa shape index (κ2) is 15.6. The highest BCUT2D eigenvalue weighted by Gasteiger charge is 2.45. The molecule has 4 rings (SSSR count). The molecule has 43 heavy (non-hydrogen) atoms. The minimum atomic E-state index is -1.15. The standard InChI is InChI=1S/C35H41NO7/c1-35(2,3)43-34(39)32-28(20-31(37)36-33(32)38)19-29(41-22-26-15-9-5-10-16-26)30(42-23-27-17-11-6-12-18-27)24-40-21-25-13-7-4-8-14-25/h4-18,28-30,32H,19-24H2,1-3H3,(H,36,37,38). The van der Waals surface area contributed by atoms with E-state index in [0.717, 1.165) is 16.7 Å². The summed E-state index contributed by atoms with van der Waals surface area (Å²) in [6.45, 7) is 6.40. The molecule has 1 heterocycles. The van der Waals surface area contributed by atoms with E-state index < -0.39 is 47.4 Å². The molecule has 0 saturated carbocycles. The fourth-order valence-corrected chi connectivity index (χ4v) is 5.03. The average Bonchev–Trinajstić information content (AvgIpc) is 2.97. The molecule has 3 aromatic carbocycles. The lowest BCUT2D eigenvalue weighted by atomic mass is 9.80. The molecule has 4 atom stereocenters. The van der Waals surface area contributed by atoms with E-state index in [1.54, 1.807) is 20.8 Å². The molecule has 1 fully saturated rings. The second-order valence-corrected chi connectivity index (χ2v) is 11.8. The Morgan fingerprint density at radius 1 is 0.767 bits per heavy atom. The van der Waals surface area contributed by atoms with Crippen LogP contribution in [0.5, 0.6) is 0 Å². The summed E-state index contributed by atoms with van der Waals surface area (Å²) in [5, 5.41) is 2.31. The van der Waals surface area contributed by atoms with Crippen molar-refractivity contribution in [3.05, 3.63) is 108 Å². The number of benzene rings is 3. The van der Waals surface area contributed by atoms with E-state index in [2.05, 4.69) is 5.32 Å². The highest BCUT2D eigenvalue weighted by molar-refractivity contribution is 6.07. The maximum Gasteiger partial charge on any atom is 0.319 e. The topological polar surface area (TPSA) is 100 Å². The number of nitrogens with one attached hydrogen (secondary N) is 1. The number of carbonyl (C=O) groups is 3. The van der Waals surface area contributed by atoms with Gasteiger partial charge in [-0.25, -0.2) is 0 Å². The summed E-state index contributed by atoms with van der Waals surface area (Å²) in [7, 11) is 0. The molecular formula is C35H41NO7. The lowest BCUT2D eigenvalue weighted by molar-refractivity contribution is -0.169. The van der Waals surface area contributed by atoms with Crippen molar-refractivity contribution in [2.24, 2.45) is 11.8 Å². The molecule has 1 aliphatic rings. The molecule has 0 aliphatic carbocycles. The molecular weight excluding hydrogens is 546 g/mol. The van der Waals surface area contributed by atoms with E-state index in [-0.39, 0.29) is 26.1 Å². The van der Waals surface area contributed by atoms with Gasteiger partial charge >= 0.3 is 5.97 Å². The minimum Gasteiger partial charge on any atom is -0.459 e. The van der Waals surface area contributed by atoms with Crippen molar-refractivity contribution in [2.75, 3.05) is 6.61 Å². The number of ether oxygens (including phenoxy) is 4. The van der Waals surface area contributed by atoms with Gasteiger partial charge in [0.05, 0.1) is 32.5 Å². The smallest absolute Gasteiger partial charge is 0.319 e. The first-order valence-electron chi connectivity index (χ1n) is 14.7. The van der Waals surface area contributed by atoms with Crippen LogP contribution in [-0.2, 0) is 53.2 Å². The van der Waals surface area contributed by atoms with Crippen LogP contribution in [0.15, 0.2) is 91.0 Å². The van der Waals surface area contributed by atoms with Crippen LogP contribution in [0.1, 0.15) is 50.3 Å². The van der Waals surface area contributed by atoms with Gasteiger partial charge in [0.2, 0.25) is 11.8 Å². The molecule has 2 amide bonds. The molecule has 8 heteroatoms. The van der Waals surface area contributed by atoms with Crippen LogP contribution in [0.25, 0.3) is 0 Å². The highest BCUT2D eigenvalue weighted by atomic mass is 16.6. The van der Waals surface area contributed by atoms with Crippen molar-refractivity contribution in [3.63, 3.8) is 0 Å². The Bertz CT molecular complexity index is 1310. The molecule has 0 radical (unpaired) electrons. The van der Waals surface area contributed by atoms with Crippen LogP contribution in [-0.4, -0.2) is 42.2 Å². The van der Waals surface area contributed by atoms with E-state index in [1.807, 2.05) is 91.0 Å². The van der Waals surface area contributed by atoms with Gasteiger partial charge in [-0.15, -0.1) is 0 Å². The third-order valence-corrected chi connectivity index (χ3v) is 7.08. The predicted octanol–water partition coefficient (Wildman–Crippen LogP) is 5.38. The van der Waals surface area contributed by atoms with Gasteiger partial charge in [0.15, 0.2) is 0 Å². The van der Waals surface area contributed by atoms with Crippen LogP contribution >= 0.6 is 0 Å². The van der Waals surface area contributed by atoms with E-state index in [9.17, 15) is 14.4 Å². The van der Waals surface area contributed by atoms with Gasteiger partial charge in [-0.05, 0) is 49.8 Å². The van der Waals surface area contributed by atoms with Crippen LogP contribution in [0.4, 0.5) is 0 Å². The molecule has 1 saturated heterocycles. The monoisotopic (exact) mass is 587 g/mol. The SMILES string of the molecule is CC(C)(C)OC(=O)C1C(=O)NC(=O)CC1CC(OCc1ccccc1)C(COCc1ccccc1)OCc1ccccc1. The van der Waals surface area contributed by atoms with Gasteiger partial charge in [-0.1, -0.05) is 91.0 Å². The number of carbonyl (C=O) groups excluding carboxylic acids is 3. The van der Waals surface area contributed by atoms with E-state index in [4.69, 9.17) is 18.9 Å². The molecule has 4 unspecified atom stereocenters. The number of piperidine rings is 1. The first kappa shape index (κ1) is 32.1. The number of imide groups is 1. The Morgan fingerprint density at radius 2 is 1.26 bits per heavy atom. The molecule has 1 aliphatic heterocycles. The highest BCUT2D eigenvalue weighted by Crippen LogP contribution is 2.31. The molecule has 8 nitrogen and oxygen atoms in total. The molecule has 0 aromatic heterocycles. The third kappa shape index (κ3) is 10.4. The van der Waals surface area contributed by atoms with Gasteiger partial charge < -0.3 is 18.9 Å². The Balaban J connectivity index is 1.59. The van der Waals surface area contributed by atoms with Gasteiger partial charge in [-0.2, -0.15) is 0 Å². The van der Waals surface area contributed by atoms with E-state index in [0.29, 0.717) is 13.2 Å². The zero-order chi connectivity index (χ0) is 30.7. The zero-order valence-electron chi connectivity index (χ0n) is 25.1. The van der Waals surface area contributed by atoms with Crippen molar-refractivity contribution >= 4 is 17.8 Å². The molecule has 3 aromatic rings. The van der Waals surface area contributed by atoms with Gasteiger partial charge in [0, 0.05) is 6.42 Å². The number of hydrogen-bond acceptors (Lipinski definition) is 7. The zero-order valence-corrected chi connectivity index (χ0v) is 25.1. The summed E-state index contributed by atoms with van der Waals surface area (Å²) in [6, 6.07) is 29.3. The quantitative estimate of drug-likeness (QED) is 0.153. The summed E-state index contributed by atoms with van der Waals surface area (Å²) in [4.78, 5) is 38.7. The first-order valence-corrected chi connectivity index (χ1v) is 14.7. The average molecular weight is 588 g/mol. The number of rotatable bonds is 14. The van der Waals surface area contributed by atoms with E-state index >= 15 is 0 Å². The summed E-state index contributed by atoms with van der Waals surface area (Å²) >= 11 is 0. The van der Waals surface area contributed by atoms with Crippen molar-refractivity contribution in [2.45, 2.75) is 71.2 Å². The summed E-state index contributed by atoms with van der Waals surface area (Å²) < 4.78 is 24.6. The van der Waals surface area contributed by atoms with Gasteiger partial charge in [0.1, 0.15) is 17.6 Å². The fourth-order valence-electron chi connectivity index (χ4n) is 5.03. The summed E-state index contributed by atoms with van der Waals surface area (Å²) in [5.41, 5.74) is 2.17. The minimum absolute atomic E-state index is 0.0167. The number of esters is 1. The molecule has 1 N–H and O–H groups in total. The molecule has 0 spiro atoms. The van der Waals surface area contributed by atoms with Gasteiger partial charge in [-0.3, -0.25) is 19.7 Å². The Kier molecular flexibility index (Phi) is 11.6. The van der Waals surface area contributed by atoms with Crippen molar-refractivity contribution < 1.29 is 33.3 Å². The van der Waals surface area contributed by atoms with Crippen LogP contribution in [0.3, 0.4) is 0 Å². The number of amides is 2. The normalized spacial score (nSPS) is 18.5. The fraction of sp³-hybridized carbons (Fsp3) is 0.400. The Hall–Kier alpha value is -3.85. The number of hydrogen-bond donors (Lipinski definition) is 1. The Morgan fingerprint density at radius 3 is 1.77 bits per heavy atom. The predicted molar refractivity (Wildman–Crippen MR) is 161 cm³/mol. The van der Waals surface area contributed by atoms with Crippen LogP contribution in [0, 0.1) is 11.8 Å². The lowest BCUT2D eigenvalue weighted by Crippen LogP contribution is -2.52.